The van der Waals surface area contributed by atoms with E-state index >= 15 is 0 Å². The molecule has 1 aliphatic rings. The second-order valence-electron chi connectivity index (χ2n) is 8.70. The summed E-state index contributed by atoms with van der Waals surface area (Å²) < 4.78 is 81.4. The third-order valence-electron chi connectivity index (χ3n) is 5.80. The van der Waals surface area contributed by atoms with Crippen LogP contribution in [0.3, 0.4) is 0 Å². The molecular weight excluding hydrogens is 648 g/mol. The van der Waals surface area contributed by atoms with Crippen LogP contribution in [-0.4, -0.2) is 44.8 Å². The molecule has 0 N–H and O–H groups in total. The predicted molar refractivity (Wildman–Crippen MR) is 143 cm³/mol. The van der Waals surface area contributed by atoms with Crippen LogP contribution in [0, 0.1) is 5.92 Å². The zero-order valence-corrected chi connectivity index (χ0v) is 24.0. The van der Waals surface area contributed by atoms with Gasteiger partial charge < -0.3 is 17.8 Å². The molecule has 0 unspecified atom stereocenters. The maximum atomic E-state index is 12.6. The Morgan fingerprint density at radius 2 is 1.95 bits per heavy atom. The molecule has 0 bridgehead atoms. The van der Waals surface area contributed by atoms with Gasteiger partial charge >= 0.3 is 21.6 Å². The minimum absolute atomic E-state index is 0.0501. The average molecular weight is 679 g/mol. The van der Waals surface area contributed by atoms with Gasteiger partial charge in [0.05, 0.1) is 39.7 Å². The Kier molecular flexibility index (Phi) is 12.7. The van der Waals surface area contributed by atoms with E-state index in [0.717, 1.165) is 14.8 Å². The number of alkyl halides is 3. The summed E-state index contributed by atoms with van der Waals surface area (Å²) in [6.45, 7) is 9.25. The van der Waals surface area contributed by atoms with E-state index in [2.05, 4.69) is 17.3 Å². The number of benzene rings is 1. The first-order valence-corrected chi connectivity index (χ1v) is 16.2. The van der Waals surface area contributed by atoms with Gasteiger partial charge in [-0.05, 0) is 56.2 Å². The van der Waals surface area contributed by atoms with Crippen LogP contribution in [0.2, 0.25) is 0 Å². The molecule has 0 saturated carbocycles. The van der Waals surface area contributed by atoms with Gasteiger partial charge in [-0.1, -0.05) is 38.3 Å². The molecule has 0 radical (unpaired) electrons. The van der Waals surface area contributed by atoms with Crippen LogP contribution < -0.4 is 0 Å². The lowest BCUT2D eigenvalue weighted by Crippen LogP contribution is -2.27. The summed E-state index contributed by atoms with van der Waals surface area (Å²) in [6, 6.07) is 8.75. The fourth-order valence-corrected chi connectivity index (χ4v) is 5.47. The van der Waals surface area contributed by atoms with E-state index in [9.17, 15) is 26.4 Å². The highest BCUT2D eigenvalue weighted by molar-refractivity contribution is 14.2. The molecule has 2 rings (SSSR count). The monoisotopic (exact) mass is 678 g/mol. The lowest BCUT2D eigenvalue weighted by Gasteiger charge is -2.23. The van der Waals surface area contributed by atoms with Gasteiger partial charge in [-0.25, -0.2) is 4.79 Å². The molecule has 37 heavy (non-hydrogen) atoms. The molecule has 0 aliphatic carbocycles. The van der Waals surface area contributed by atoms with Crippen molar-refractivity contribution < 1.29 is 44.2 Å². The summed E-state index contributed by atoms with van der Waals surface area (Å²) in [5.41, 5.74) is -4.09. The molecule has 4 atom stereocenters. The summed E-state index contributed by atoms with van der Waals surface area (Å²) >= 11 is 1.93. The maximum Gasteiger partial charge on any atom is 0.534 e. The topological polar surface area (TPSA) is 88.1 Å². The van der Waals surface area contributed by atoms with Gasteiger partial charge in [-0.15, -0.1) is 0 Å². The quantitative estimate of drug-likeness (QED) is 0.0289. The van der Waals surface area contributed by atoms with E-state index in [1.54, 1.807) is 24.3 Å². The molecule has 1 aromatic rings. The highest BCUT2D eigenvalue weighted by Crippen LogP contribution is 2.34. The second-order valence-corrected chi connectivity index (χ2v) is 11.6. The maximum absolute atomic E-state index is 12.6. The van der Waals surface area contributed by atoms with E-state index in [-0.39, 0.29) is 31.2 Å². The van der Waals surface area contributed by atoms with E-state index in [1.807, 2.05) is 27.3 Å². The lowest BCUT2D eigenvalue weighted by atomic mass is 9.96. The Balaban J connectivity index is 1.76. The normalized spacial score (nSPS) is 19.9. The van der Waals surface area contributed by atoms with Crippen LogP contribution in [0.1, 0.15) is 55.8 Å². The van der Waals surface area contributed by atoms with E-state index in [4.69, 9.17) is 13.7 Å². The van der Waals surface area contributed by atoms with Gasteiger partial charge in [0, 0.05) is 27.1 Å². The number of hydrogen-bond donors (Lipinski definition) is 0. The summed E-state index contributed by atoms with van der Waals surface area (Å²) in [7, 11) is -4.69. The van der Waals surface area contributed by atoms with Crippen molar-refractivity contribution in [3.63, 3.8) is 0 Å². The molecular formula is C24H30F3IO7S2. The molecule has 1 heterocycles. The van der Waals surface area contributed by atoms with Gasteiger partial charge in [-0.2, -0.15) is 21.6 Å². The molecule has 0 aromatic heterocycles. The average Bonchev–Trinajstić information content (AvgIpc) is 3.18. The Bertz CT molecular complexity index is 1020. The van der Waals surface area contributed by atoms with Gasteiger partial charge in [0.15, 0.2) is 0 Å². The van der Waals surface area contributed by atoms with Crippen LogP contribution in [0.4, 0.5) is 13.2 Å². The minimum Gasteiger partial charge on any atom is -0.462 e. The van der Waals surface area contributed by atoms with E-state index < -0.39 is 33.4 Å². The lowest BCUT2D eigenvalue weighted by molar-refractivity contribution is -0.0527. The molecule has 1 aliphatic heterocycles. The van der Waals surface area contributed by atoms with Crippen molar-refractivity contribution in [2.45, 2.75) is 69.3 Å². The molecule has 13 heteroatoms. The molecule has 0 amide bonds. The number of carbonyl (C=O) groups is 1. The van der Waals surface area contributed by atoms with Crippen molar-refractivity contribution >= 4 is 46.5 Å². The summed E-state index contributed by atoms with van der Waals surface area (Å²) in [5, 5.41) is 0. The number of esters is 1. The van der Waals surface area contributed by atoms with Crippen LogP contribution in [0.15, 0.2) is 54.8 Å². The molecule has 1 aromatic carbocycles. The van der Waals surface area contributed by atoms with Crippen molar-refractivity contribution in [1.82, 2.24) is 0 Å². The van der Waals surface area contributed by atoms with Crippen molar-refractivity contribution in [3.05, 3.63) is 60.4 Å². The fourth-order valence-electron chi connectivity index (χ4n) is 3.77. The van der Waals surface area contributed by atoms with E-state index in [0.29, 0.717) is 37.7 Å². The Morgan fingerprint density at radius 1 is 1.27 bits per heavy atom. The zero-order chi connectivity index (χ0) is 27.6. The van der Waals surface area contributed by atoms with Crippen molar-refractivity contribution in [2.24, 2.45) is 5.92 Å². The second kappa shape index (κ2) is 14.8. The van der Waals surface area contributed by atoms with Crippen LogP contribution in [0.25, 0.3) is 0 Å². The van der Waals surface area contributed by atoms with Gasteiger partial charge in [0.2, 0.25) is 0 Å². The third-order valence-corrected chi connectivity index (χ3v) is 7.77. The number of hydrogen-bond acceptors (Lipinski definition) is 8. The number of carbonyl (C=O) groups excluding carboxylic acids is 1. The first kappa shape index (κ1) is 31.9. The summed E-state index contributed by atoms with van der Waals surface area (Å²) in [6.07, 6.45) is 2.64. The first-order valence-electron chi connectivity index (χ1n) is 11.5. The third kappa shape index (κ3) is 10.4. The molecule has 1 saturated heterocycles. The van der Waals surface area contributed by atoms with Crippen LogP contribution >= 0.6 is 30.4 Å². The zero-order valence-electron chi connectivity index (χ0n) is 20.2. The predicted octanol–water partition coefficient (Wildman–Crippen LogP) is 6.91. The van der Waals surface area contributed by atoms with Gasteiger partial charge in [0.1, 0.15) is 5.76 Å². The molecule has 7 nitrogen and oxygen atoms in total. The first-order chi connectivity index (χ1) is 17.3. The largest absolute Gasteiger partial charge is 0.534 e. The standard InChI is InChI=1S/C24H30F3IO7S2/c1-16(18(3)35-37(30,31)24(25,26)27)14-21(34-36-28)11-12-22-17(2)15-20(33-22)10-7-13-32-23(29)19-8-5-4-6-9-19/h4-6,8-9,16,20-22H,2-3,7,10-15H2,1H3/t16-,20+,21-,22+/m1/s1. The van der Waals surface area contributed by atoms with Crippen LogP contribution in [0.5, 0.6) is 0 Å². The molecule has 208 valence electrons. The number of ether oxygens (including phenoxy) is 2. The highest BCUT2D eigenvalue weighted by Gasteiger charge is 2.49. The Labute approximate surface area is 232 Å². The van der Waals surface area contributed by atoms with Crippen molar-refractivity contribution in [3.8, 4) is 0 Å². The smallest absolute Gasteiger partial charge is 0.462 e. The highest BCUT2D eigenvalue weighted by atomic mass is 127. The van der Waals surface area contributed by atoms with Gasteiger partial charge in [0.25, 0.3) is 0 Å². The van der Waals surface area contributed by atoms with Crippen molar-refractivity contribution in [2.75, 3.05) is 6.61 Å². The van der Waals surface area contributed by atoms with E-state index in [1.165, 1.54) is 6.92 Å². The number of rotatable bonds is 15. The fraction of sp³-hybridized carbons (Fsp3) is 0.542. The molecule has 0 spiro atoms. The molecule has 1 fully saturated rings. The SMILES string of the molecule is C=C(OS(=O)(=O)C(F)(F)F)[C@H](C)C[C@@H](CC[C@@H]1O[C@@H](CCCOC(=O)c2ccccc2)CC1=C)OSI. The Morgan fingerprint density at radius 3 is 2.57 bits per heavy atom. The summed E-state index contributed by atoms with van der Waals surface area (Å²) in [4.78, 5) is 12.0. The van der Waals surface area contributed by atoms with Gasteiger partial charge in [-0.3, -0.25) is 0 Å². The van der Waals surface area contributed by atoms with Crippen molar-refractivity contribution in [1.29, 1.82) is 0 Å². The minimum atomic E-state index is -5.76. The number of allylic oxidation sites excluding steroid dienone is 1. The Hall–Kier alpha value is -1.29. The van der Waals surface area contributed by atoms with Crippen LogP contribution in [-0.2, 0) is 28.0 Å². The number of halogens is 4. The summed E-state index contributed by atoms with van der Waals surface area (Å²) in [5.74, 6) is -1.57.